The minimum atomic E-state index is -4.14. The number of alkyl halides is 4. The van der Waals surface area contributed by atoms with Gasteiger partial charge in [0.05, 0.1) is 19.3 Å². The Kier molecular flexibility index (Phi) is 3.54. The summed E-state index contributed by atoms with van der Waals surface area (Å²) in [6, 6.07) is 0. The number of carbonyl (C=O) groups is 1. The first-order chi connectivity index (χ1) is 6.88. The summed E-state index contributed by atoms with van der Waals surface area (Å²) < 4.78 is 49.3. The maximum Gasteiger partial charge on any atom is 0.324 e. The van der Waals surface area contributed by atoms with Crippen molar-refractivity contribution in [1.29, 1.82) is 0 Å². The van der Waals surface area contributed by atoms with Crippen molar-refractivity contribution in [3.8, 4) is 0 Å². The minimum Gasteiger partial charge on any atom is -0.320 e. The smallest absolute Gasteiger partial charge is 0.320 e. The average molecular weight is 228 g/mol. The van der Waals surface area contributed by atoms with Gasteiger partial charge in [0, 0.05) is 0 Å². The van der Waals surface area contributed by atoms with Gasteiger partial charge in [-0.3, -0.25) is 10.1 Å². The summed E-state index contributed by atoms with van der Waals surface area (Å²) in [7, 11) is 0. The summed E-state index contributed by atoms with van der Waals surface area (Å²) in [4.78, 5) is 11.9. The predicted molar refractivity (Wildman–Crippen MR) is 44.7 cm³/mol. The monoisotopic (exact) mass is 228 g/mol. The van der Waals surface area contributed by atoms with E-state index in [1.807, 2.05) is 0 Å². The molecule has 7 heteroatoms. The van der Waals surface area contributed by atoms with E-state index in [4.69, 9.17) is 0 Å². The molecule has 0 aliphatic carbocycles. The molecule has 0 bridgehead atoms. The van der Waals surface area contributed by atoms with Crippen LogP contribution in [0.4, 0.5) is 17.6 Å². The quantitative estimate of drug-likeness (QED) is 0.729. The third kappa shape index (κ3) is 2.58. The molecule has 1 saturated heterocycles. The molecule has 1 N–H and O–H groups in total. The molecule has 0 aromatic carbocycles. The fourth-order valence-electron chi connectivity index (χ4n) is 1.45. The van der Waals surface area contributed by atoms with Gasteiger partial charge in [0.25, 0.3) is 0 Å². The number of amides is 1. The molecular weight excluding hydrogens is 216 g/mol. The Morgan fingerprint density at radius 2 is 2.20 bits per heavy atom. The largest absolute Gasteiger partial charge is 0.324 e. The van der Waals surface area contributed by atoms with E-state index in [9.17, 15) is 22.4 Å². The first-order valence-corrected chi connectivity index (χ1v) is 4.57. The van der Waals surface area contributed by atoms with E-state index in [2.05, 4.69) is 5.32 Å². The Morgan fingerprint density at radius 3 is 2.67 bits per heavy atom. The number of nitrogens with one attached hydrogen (secondary N) is 1. The van der Waals surface area contributed by atoms with Crippen LogP contribution >= 0.6 is 0 Å². The molecular formula is C8H12F4N2O. The molecule has 0 aromatic rings. The van der Waals surface area contributed by atoms with Gasteiger partial charge in [-0.1, -0.05) is 6.92 Å². The van der Waals surface area contributed by atoms with Gasteiger partial charge in [-0.25, -0.2) is 8.78 Å². The fraction of sp³-hybridized carbons (Fsp3) is 0.875. The molecule has 1 heterocycles. The zero-order valence-corrected chi connectivity index (χ0v) is 8.14. The Balaban J connectivity index is 2.67. The number of nitrogens with zero attached hydrogens (tertiary/aromatic N) is 1. The molecule has 1 fully saturated rings. The molecule has 1 rings (SSSR count). The third-order valence-corrected chi connectivity index (χ3v) is 2.27. The van der Waals surface area contributed by atoms with Gasteiger partial charge in [-0.05, 0) is 6.42 Å². The highest BCUT2D eigenvalue weighted by Crippen LogP contribution is 2.25. The van der Waals surface area contributed by atoms with E-state index in [-0.39, 0.29) is 6.54 Å². The van der Waals surface area contributed by atoms with Crippen LogP contribution in [0, 0.1) is 0 Å². The van der Waals surface area contributed by atoms with Crippen LogP contribution in [-0.2, 0) is 4.79 Å². The molecule has 15 heavy (non-hydrogen) atoms. The van der Waals surface area contributed by atoms with Gasteiger partial charge in [0.15, 0.2) is 0 Å². The van der Waals surface area contributed by atoms with Crippen LogP contribution in [0.15, 0.2) is 0 Å². The summed E-state index contributed by atoms with van der Waals surface area (Å²) in [5.74, 6) is -4.71. The lowest BCUT2D eigenvalue weighted by atomic mass is 10.3. The first-order valence-electron chi connectivity index (χ1n) is 4.57. The topological polar surface area (TPSA) is 32.3 Å². The van der Waals surface area contributed by atoms with Crippen molar-refractivity contribution in [1.82, 2.24) is 10.2 Å². The molecule has 1 unspecified atom stereocenters. The van der Waals surface area contributed by atoms with E-state index < -0.39 is 31.0 Å². The van der Waals surface area contributed by atoms with Crippen molar-refractivity contribution in [2.24, 2.45) is 0 Å². The first kappa shape index (κ1) is 12.2. The Bertz CT molecular complexity index is 247. The maximum absolute atomic E-state index is 12.7. The lowest BCUT2D eigenvalue weighted by molar-refractivity contribution is -0.156. The second-order valence-corrected chi connectivity index (χ2v) is 3.39. The van der Waals surface area contributed by atoms with Crippen molar-refractivity contribution in [2.75, 3.05) is 13.1 Å². The number of hydrogen-bond donors (Lipinski definition) is 1. The molecule has 1 amide bonds. The number of rotatable bonds is 4. The Labute approximate surface area is 84.4 Å². The molecule has 1 atom stereocenters. The van der Waals surface area contributed by atoms with Gasteiger partial charge in [-0.2, -0.15) is 8.78 Å². The summed E-state index contributed by atoms with van der Waals surface area (Å²) in [5.41, 5.74) is 0. The van der Waals surface area contributed by atoms with Gasteiger partial charge in [-0.15, -0.1) is 0 Å². The summed E-state index contributed by atoms with van der Waals surface area (Å²) in [6.45, 7) is 0.386. The fourth-order valence-corrected chi connectivity index (χ4v) is 1.45. The van der Waals surface area contributed by atoms with Gasteiger partial charge in [0.2, 0.25) is 5.91 Å². The SMILES string of the molecule is CCC1NCC(=O)N1CC(F)(F)C(F)F. The average Bonchev–Trinajstić information content (AvgIpc) is 2.47. The molecule has 0 saturated carbocycles. The molecule has 3 nitrogen and oxygen atoms in total. The molecule has 88 valence electrons. The molecule has 1 aliphatic rings. The normalized spacial score (nSPS) is 22.9. The number of hydrogen-bond acceptors (Lipinski definition) is 2. The van der Waals surface area contributed by atoms with Crippen molar-refractivity contribution in [2.45, 2.75) is 31.9 Å². The van der Waals surface area contributed by atoms with Crippen LogP contribution in [-0.4, -0.2) is 42.4 Å². The van der Waals surface area contributed by atoms with Crippen LogP contribution in [0.5, 0.6) is 0 Å². The number of halogens is 4. The predicted octanol–water partition coefficient (Wildman–Crippen LogP) is 1.05. The molecule has 0 aromatic heterocycles. The maximum atomic E-state index is 12.7. The van der Waals surface area contributed by atoms with E-state index in [0.29, 0.717) is 6.42 Å². The summed E-state index contributed by atoms with van der Waals surface area (Å²) in [6.07, 6.45) is -3.91. The zero-order chi connectivity index (χ0) is 11.6. The third-order valence-electron chi connectivity index (χ3n) is 2.27. The second-order valence-electron chi connectivity index (χ2n) is 3.39. The minimum absolute atomic E-state index is 0.0716. The lowest BCUT2D eigenvalue weighted by Crippen LogP contribution is -2.47. The van der Waals surface area contributed by atoms with Crippen molar-refractivity contribution in [3.05, 3.63) is 0 Å². The summed E-state index contributed by atoms with van der Waals surface area (Å²) >= 11 is 0. The van der Waals surface area contributed by atoms with Crippen LogP contribution in [0.3, 0.4) is 0 Å². The van der Waals surface area contributed by atoms with Crippen LogP contribution in [0.1, 0.15) is 13.3 Å². The zero-order valence-electron chi connectivity index (χ0n) is 8.14. The Hall–Kier alpha value is -0.850. The highest BCUT2D eigenvalue weighted by atomic mass is 19.3. The van der Waals surface area contributed by atoms with Crippen molar-refractivity contribution >= 4 is 5.91 Å². The van der Waals surface area contributed by atoms with Crippen LogP contribution in [0.2, 0.25) is 0 Å². The highest BCUT2D eigenvalue weighted by molar-refractivity contribution is 5.80. The summed E-state index contributed by atoms with van der Waals surface area (Å²) in [5, 5.41) is 2.67. The Morgan fingerprint density at radius 1 is 1.60 bits per heavy atom. The van der Waals surface area contributed by atoms with Crippen molar-refractivity contribution < 1.29 is 22.4 Å². The highest BCUT2D eigenvalue weighted by Gasteiger charge is 2.45. The van der Waals surface area contributed by atoms with E-state index in [0.717, 1.165) is 4.90 Å². The van der Waals surface area contributed by atoms with E-state index >= 15 is 0 Å². The van der Waals surface area contributed by atoms with E-state index in [1.165, 1.54) is 0 Å². The molecule has 1 aliphatic heterocycles. The van der Waals surface area contributed by atoms with Crippen LogP contribution in [0.25, 0.3) is 0 Å². The molecule has 0 spiro atoms. The van der Waals surface area contributed by atoms with Crippen LogP contribution < -0.4 is 5.32 Å². The number of carbonyl (C=O) groups excluding carboxylic acids is 1. The van der Waals surface area contributed by atoms with Gasteiger partial charge in [0.1, 0.15) is 0 Å². The molecule has 0 radical (unpaired) electrons. The standard InChI is InChI=1S/C8H12F4N2O/c1-2-5-13-3-6(15)14(5)4-8(11,12)7(9)10/h5,7,13H,2-4H2,1H3. The van der Waals surface area contributed by atoms with Gasteiger partial charge < -0.3 is 4.90 Å². The van der Waals surface area contributed by atoms with E-state index in [1.54, 1.807) is 6.92 Å². The van der Waals surface area contributed by atoms with Crippen molar-refractivity contribution in [3.63, 3.8) is 0 Å². The van der Waals surface area contributed by atoms with Gasteiger partial charge >= 0.3 is 12.3 Å². The second kappa shape index (κ2) is 4.34. The lowest BCUT2D eigenvalue weighted by Gasteiger charge is -2.27.